The van der Waals surface area contributed by atoms with Crippen molar-refractivity contribution in [1.82, 2.24) is 15.1 Å². The first kappa shape index (κ1) is 13.8. The molecule has 2 fully saturated rings. The van der Waals surface area contributed by atoms with Gasteiger partial charge >= 0.3 is 0 Å². The second-order valence-electron chi connectivity index (χ2n) is 5.32. The fourth-order valence-corrected chi connectivity index (χ4v) is 2.60. The fourth-order valence-electron chi connectivity index (χ4n) is 2.60. The van der Waals surface area contributed by atoms with Crippen LogP contribution in [0.2, 0.25) is 0 Å². The zero-order valence-corrected chi connectivity index (χ0v) is 11.4. The van der Waals surface area contributed by atoms with Crippen LogP contribution in [-0.2, 0) is 14.4 Å². The maximum absolute atomic E-state index is 12.2. The Morgan fingerprint density at radius 1 is 1.37 bits per heavy atom. The fraction of sp³-hybridized carbons (Fsp3) is 0.769. The number of nitrogens with one attached hydrogen (secondary N) is 1. The van der Waals surface area contributed by atoms with Crippen LogP contribution in [0, 0.1) is 5.92 Å². The molecule has 0 radical (unpaired) electrons. The van der Waals surface area contributed by atoms with Gasteiger partial charge < -0.3 is 15.1 Å². The Morgan fingerprint density at radius 2 is 2.05 bits per heavy atom. The van der Waals surface area contributed by atoms with Crippen molar-refractivity contribution in [3.05, 3.63) is 0 Å². The smallest absolute Gasteiger partial charge is 0.242 e. The quantitative estimate of drug-likeness (QED) is 0.756. The number of hydrogen-bond acceptors (Lipinski definition) is 3. The molecule has 2 aliphatic rings. The van der Waals surface area contributed by atoms with Crippen molar-refractivity contribution < 1.29 is 14.4 Å². The van der Waals surface area contributed by atoms with Gasteiger partial charge in [-0.25, -0.2) is 0 Å². The van der Waals surface area contributed by atoms with Gasteiger partial charge in [-0.15, -0.1) is 0 Å². The number of nitrogens with zero attached hydrogens (tertiary/aromatic N) is 2. The van der Waals surface area contributed by atoms with Gasteiger partial charge in [0.05, 0.1) is 12.5 Å². The van der Waals surface area contributed by atoms with Crippen LogP contribution in [0.3, 0.4) is 0 Å². The highest BCUT2D eigenvalue weighted by Crippen LogP contribution is 2.14. The number of amides is 3. The predicted molar refractivity (Wildman–Crippen MR) is 69.2 cm³/mol. The highest BCUT2D eigenvalue weighted by atomic mass is 16.2. The lowest BCUT2D eigenvalue weighted by Gasteiger charge is -2.27. The Kier molecular flexibility index (Phi) is 4.39. The first-order valence-electron chi connectivity index (χ1n) is 6.87. The number of likely N-dealkylation sites (tertiary alicyclic amines) is 1. The van der Waals surface area contributed by atoms with E-state index in [-0.39, 0.29) is 30.2 Å². The van der Waals surface area contributed by atoms with E-state index in [9.17, 15) is 14.4 Å². The molecule has 0 aromatic heterocycles. The van der Waals surface area contributed by atoms with Gasteiger partial charge in [0.15, 0.2) is 0 Å². The normalized spacial score (nSPS) is 23.1. The Morgan fingerprint density at radius 3 is 2.63 bits per heavy atom. The first-order valence-corrected chi connectivity index (χ1v) is 6.87. The van der Waals surface area contributed by atoms with Crippen LogP contribution in [0.5, 0.6) is 0 Å². The van der Waals surface area contributed by atoms with Gasteiger partial charge in [-0.3, -0.25) is 14.4 Å². The highest BCUT2D eigenvalue weighted by Gasteiger charge is 2.28. The summed E-state index contributed by atoms with van der Waals surface area (Å²) in [4.78, 5) is 38.5. The molecule has 6 heteroatoms. The number of hydrogen-bond donors (Lipinski definition) is 1. The summed E-state index contributed by atoms with van der Waals surface area (Å²) in [7, 11) is 1.66. The van der Waals surface area contributed by atoms with Gasteiger partial charge in [-0.05, 0) is 19.3 Å². The standard InChI is InChI=1S/C13H21N3O3/c1-15(9-12(18)16-6-2-3-7-16)13(19)10-4-5-11(17)14-8-10/h10H,2-9H2,1H3,(H,14,17). The minimum atomic E-state index is -0.186. The molecular formula is C13H21N3O3. The van der Waals surface area contributed by atoms with E-state index in [0.717, 1.165) is 25.9 Å². The van der Waals surface area contributed by atoms with Crippen LogP contribution in [0.15, 0.2) is 0 Å². The maximum Gasteiger partial charge on any atom is 0.242 e. The van der Waals surface area contributed by atoms with Crippen molar-refractivity contribution in [2.75, 3.05) is 33.2 Å². The number of piperidine rings is 1. The maximum atomic E-state index is 12.2. The van der Waals surface area contributed by atoms with Crippen LogP contribution in [-0.4, -0.2) is 60.7 Å². The van der Waals surface area contributed by atoms with E-state index in [4.69, 9.17) is 0 Å². The molecule has 0 aromatic carbocycles. The van der Waals surface area contributed by atoms with Gasteiger partial charge in [0.25, 0.3) is 0 Å². The largest absolute Gasteiger partial charge is 0.355 e. The molecular weight excluding hydrogens is 246 g/mol. The summed E-state index contributed by atoms with van der Waals surface area (Å²) < 4.78 is 0. The summed E-state index contributed by atoms with van der Waals surface area (Å²) in [6.45, 7) is 2.14. The van der Waals surface area contributed by atoms with Crippen LogP contribution in [0.1, 0.15) is 25.7 Å². The second kappa shape index (κ2) is 6.04. The zero-order valence-electron chi connectivity index (χ0n) is 11.4. The van der Waals surface area contributed by atoms with Gasteiger partial charge in [-0.2, -0.15) is 0 Å². The minimum Gasteiger partial charge on any atom is -0.355 e. The molecule has 2 heterocycles. The third-order valence-electron chi connectivity index (χ3n) is 3.82. The van der Waals surface area contributed by atoms with E-state index >= 15 is 0 Å². The van der Waals surface area contributed by atoms with E-state index in [2.05, 4.69) is 5.32 Å². The summed E-state index contributed by atoms with van der Waals surface area (Å²) in [5, 5.41) is 2.69. The molecule has 0 saturated carbocycles. The number of rotatable bonds is 3. The zero-order chi connectivity index (χ0) is 13.8. The van der Waals surface area contributed by atoms with E-state index in [1.165, 1.54) is 4.90 Å². The van der Waals surface area contributed by atoms with Crippen LogP contribution in [0.4, 0.5) is 0 Å². The molecule has 0 aromatic rings. The average molecular weight is 267 g/mol. The lowest BCUT2D eigenvalue weighted by molar-refractivity contribution is -0.142. The Bertz CT molecular complexity index is 367. The van der Waals surface area contributed by atoms with Gasteiger partial charge in [0.2, 0.25) is 17.7 Å². The summed E-state index contributed by atoms with van der Waals surface area (Å²) >= 11 is 0. The summed E-state index contributed by atoms with van der Waals surface area (Å²) in [6.07, 6.45) is 3.08. The molecule has 19 heavy (non-hydrogen) atoms. The molecule has 1 N–H and O–H groups in total. The molecule has 3 amide bonds. The molecule has 1 atom stereocenters. The molecule has 0 aliphatic carbocycles. The van der Waals surface area contributed by atoms with Gasteiger partial charge in [-0.1, -0.05) is 0 Å². The highest BCUT2D eigenvalue weighted by molar-refractivity contribution is 5.87. The minimum absolute atomic E-state index is 0.000142. The third kappa shape index (κ3) is 3.45. The molecule has 106 valence electrons. The molecule has 2 saturated heterocycles. The monoisotopic (exact) mass is 267 g/mol. The van der Waals surface area contributed by atoms with Crippen molar-refractivity contribution >= 4 is 17.7 Å². The molecule has 2 rings (SSSR count). The predicted octanol–water partition coefficient (Wildman–Crippen LogP) is -0.407. The van der Waals surface area contributed by atoms with E-state index < -0.39 is 0 Å². The number of likely N-dealkylation sites (N-methyl/N-ethyl adjacent to an activating group) is 1. The van der Waals surface area contributed by atoms with Crippen molar-refractivity contribution in [2.45, 2.75) is 25.7 Å². The average Bonchev–Trinajstić information content (AvgIpc) is 2.92. The van der Waals surface area contributed by atoms with Crippen molar-refractivity contribution in [3.63, 3.8) is 0 Å². The second-order valence-corrected chi connectivity index (χ2v) is 5.32. The van der Waals surface area contributed by atoms with Crippen molar-refractivity contribution in [1.29, 1.82) is 0 Å². The first-order chi connectivity index (χ1) is 9.08. The van der Waals surface area contributed by atoms with Gasteiger partial charge in [0, 0.05) is 33.1 Å². The summed E-state index contributed by atoms with van der Waals surface area (Å²) in [6, 6.07) is 0. The summed E-state index contributed by atoms with van der Waals surface area (Å²) in [5.74, 6) is -0.213. The Labute approximate surface area is 113 Å². The van der Waals surface area contributed by atoms with Gasteiger partial charge in [0.1, 0.15) is 0 Å². The van der Waals surface area contributed by atoms with Crippen LogP contribution < -0.4 is 5.32 Å². The third-order valence-corrected chi connectivity index (χ3v) is 3.82. The topological polar surface area (TPSA) is 69.7 Å². The SMILES string of the molecule is CN(CC(=O)N1CCCC1)C(=O)C1CCC(=O)NC1. The van der Waals surface area contributed by atoms with Crippen LogP contribution in [0.25, 0.3) is 0 Å². The molecule has 2 aliphatic heterocycles. The molecule has 0 bridgehead atoms. The lowest BCUT2D eigenvalue weighted by Crippen LogP contribution is -2.46. The molecule has 0 spiro atoms. The summed E-state index contributed by atoms with van der Waals surface area (Å²) in [5.41, 5.74) is 0. The van der Waals surface area contributed by atoms with Crippen LogP contribution >= 0.6 is 0 Å². The Hall–Kier alpha value is -1.59. The van der Waals surface area contributed by atoms with Crippen molar-refractivity contribution in [3.8, 4) is 0 Å². The molecule has 6 nitrogen and oxygen atoms in total. The van der Waals surface area contributed by atoms with E-state index in [1.807, 2.05) is 4.90 Å². The van der Waals surface area contributed by atoms with Crippen molar-refractivity contribution in [2.24, 2.45) is 5.92 Å². The number of carbonyl (C=O) groups is 3. The molecule has 1 unspecified atom stereocenters. The van der Waals surface area contributed by atoms with E-state index in [1.54, 1.807) is 7.05 Å². The Balaban J connectivity index is 1.81. The lowest BCUT2D eigenvalue weighted by atomic mass is 9.98. The van der Waals surface area contributed by atoms with E-state index in [0.29, 0.717) is 19.4 Å². The number of carbonyl (C=O) groups excluding carboxylic acids is 3.